The summed E-state index contributed by atoms with van der Waals surface area (Å²) in [7, 11) is 0. The van der Waals surface area contributed by atoms with Gasteiger partial charge in [-0.25, -0.2) is 5.01 Å². The molecule has 0 saturated carbocycles. The Kier molecular flexibility index (Phi) is 5.53. The van der Waals surface area contributed by atoms with Gasteiger partial charge in [0.25, 0.3) is 5.91 Å². The van der Waals surface area contributed by atoms with Crippen molar-refractivity contribution in [1.29, 1.82) is 0 Å². The second kappa shape index (κ2) is 7.40. The highest BCUT2D eigenvalue weighted by Gasteiger charge is 2.30. The molecule has 1 aromatic rings. The maximum atomic E-state index is 12.8. The maximum Gasteiger partial charge on any atom is 0.270 e. The molecule has 0 radical (unpaired) electrons. The monoisotopic (exact) mass is 315 g/mol. The molecule has 2 amide bonds. The van der Waals surface area contributed by atoms with Crippen LogP contribution in [0.2, 0.25) is 0 Å². The fourth-order valence-corrected chi connectivity index (χ4v) is 2.62. The van der Waals surface area contributed by atoms with Gasteiger partial charge in [-0.3, -0.25) is 9.59 Å². The number of benzene rings is 1. The van der Waals surface area contributed by atoms with E-state index in [2.05, 4.69) is 25.9 Å². The summed E-state index contributed by atoms with van der Waals surface area (Å²) in [5.74, 6) is 0.227. The second-order valence-electron chi connectivity index (χ2n) is 6.16. The second-order valence-corrected chi connectivity index (χ2v) is 6.16. The normalized spacial score (nSPS) is 16.3. The van der Waals surface area contributed by atoms with Crippen LogP contribution in [0, 0.1) is 5.92 Å². The van der Waals surface area contributed by atoms with Crippen LogP contribution in [0.4, 0.5) is 5.69 Å². The molecular formula is C18H25N3O2. The third kappa shape index (κ3) is 3.78. The average Bonchev–Trinajstić information content (AvgIpc) is 2.56. The van der Waals surface area contributed by atoms with Gasteiger partial charge in [0.05, 0.1) is 5.69 Å². The van der Waals surface area contributed by atoms with Gasteiger partial charge in [-0.05, 0) is 31.9 Å². The van der Waals surface area contributed by atoms with Crippen molar-refractivity contribution in [3.05, 3.63) is 30.3 Å². The number of hydrogen-bond acceptors (Lipinski definition) is 3. The minimum Gasteiger partial charge on any atom is -0.335 e. The topological polar surface area (TPSA) is 53.0 Å². The summed E-state index contributed by atoms with van der Waals surface area (Å²) in [6.45, 7) is 8.86. The molecule has 0 aromatic heterocycles. The zero-order valence-corrected chi connectivity index (χ0v) is 14.3. The zero-order valence-electron chi connectivity index (χ0n) is 14.3. The summed E-state index contributed by atoms with van der Waals surface area (Å²) in [6, 6.07) is 9.38. The molecule has 0 bridgehead atoms. The van der Waals surface area contributed by atoms with Gasteiger partial charge in [0.1, 0.15) is 5.71 Å². The van der Waals surface area contributed by atoms with Crippen LogP contribution < -0.4 is 5.01 Å². The lowest BCUT2D eigenvalue weighted by Gasteiger charge is -2.32. The Bertz CT molecular complexity index is 596. The quantitative estimate of drug-likeness (QED) is 0.838. The molecule has 0 unspecified atom stereocenters. The first kappa shape index (κ1) is 17.2. The third-order valence-electron chi connectivity index (χ3n) is 4.34. The lowest BCUT2D eigenvalue weighted by Crippen LogP contribution is -2.47. The van der Waals surface area contributed by atoms with E-state index in [4.69, 9.17) is 0 Å². The SMILES string of the molecule is CCN(C(=O)C1=NN(c2ccccc2)C(=O)CC1)[C@H](C)C(C)C. The van der Waals surface area contributed by atoms with Crippen molar-refractivity contribution in [1.82, 2.24) is 4.90 Å². The average molecular weight is 315 g/mol. The number of carbonyl (C=O) groups is 2. The predicted octanol–water partition coefficient (Wildman–Crippen LogP) is 3.06. The smallest absolute Gasteiger partial charge is 0.270 e. The number of nitrogens with zero attached hydrogens (tertiary/aromatic N) is 3. The molecule has 1 aliphatic rings. The van der Waals surface area contributed by atoms with Crippen LogP contribution in [0.3, 0.4) is 0 Å². The standard InChI is InChI=1S/C18H25N3O2/c1-5-20(14(4)13(2)3)18(23)16-11-12-17(22)21(19-16)15-9-7-6-8-10-15/h6-10,13-14H,5,11-12H2,1-4H3/t14-/m1/s1. The van der Waals surface area contributed by atoms with Gasteiger partial charge in [-0.15, -0.1) is 0 Å². The zero-order chi connectivity index (χ0) is 17.0. The molecule has 0 N–H and O–H groups in total. The van der Waals surface area contributed by atoms with E-state index in [1.165, 1.54) is 5.01 Å². The Morgan fingerprint density at radius 3 is 2.43 bits per heavy atom. The van der Waals surface area contributed by atoms with Crippen molar-refractivity contribution in [2.75, 3.05) is 11.6 Å². The van der Waals surface area contributed by atoms with Crippen molar-refractivity contribution in [3.63, 3.8) is 0 Å². The summed E-state index contributed by atoms with van der Waals surface area (Å²) in [4.78, 5) is 26.8. The maximum absolute atomic E-state index is 12.8. The molecule has 1 atom stereocenters. The lowest BCUT2D eigenvalue weighted by molar-refractivity contribution is -0.126. The first-order valence-electron chi connectivity index (χ1n) is 8.22. The molecule has 5 heteroatoms. The molecule has 23 heavy (non-hydrogen) atoms. The molecule has 124 valence electrons. The van der Waals surface area contributed by atoms with E-state index in [9.17, 15) is 9.59 Å². The Hall–Kier alpha value is -2.17. The highest BCUT2D eigenvalue weighted by Crippen LogP contribution is 2.21. The first-order valence-corrected chi connectivity index (χ1v) is 8.22. The van der Waals surface area contributed by atoms with E-state index >= 15 is 0 Å². The van der Waals surface area contributed by atoms with Crippen molar-refractivity contribution in [2.24, 2.45) is 11.0 Å². The first-order chi connectivity index (χ1) is 11.0. The molecule has 0 saturated heterocycles. The summed E-state index contributed by atoms with van der Waals surface area (Å²) in [5, 5.41) is 5.70. The number of rotatable bonds is 5. The van der Waals surface area contributed by atoms with Gasteiger partial charge in [-0.1, -0.05) is 32.0 Å². The van der Waals surface area contributed by atoms with Gasteiger partial charge in [0.15, 0.2) is 0 Å². The third-order valence-corrected chi connectivity index (χ3v) is 4.34. The van der Waals surface area contributed by atoms with Gasteiger partial charge in [-0.2, -0.15) is 5.10 Å². The van der Waals surface area contributed by atoms with Gasteiger partial charge >= 0.3 is 0 Å². The largest absolute Gasteiger partial charge is 0.335 e. The van der Waals surface area contributed by atoms with E-state index in [0.717, 1.165) is 0 Å². The number of carbonyl (C=O) groups excluding carboxylic acids is 2. The van der Waals surface area contributed by atoms with Crippen LogP contribution in [-0.2, 0) is 9.59 Å². The molecule has 0 fully saturated rings. The van der Waals surface area contributed by atoms with Crippen LogP contribution in [0.25, 0.3) is 0 Å². The summed E-state index contributed by atoms with van der Waals surface area (Å²) in [5.41, 5.74) is 1.16. The van der Waals surface area contributed by atoms with Crippen molar-refractivity contribution >= 4 is 23.2 Å². The highest BCUT2D eigenvalue weighted by atomic mass is 16.2. The van der Waals surface area contributed by atoms with Crippen molar-refractivity contribution < 1.29 is 9.59 Å². The van der Waals surface area contributed by atoms with Crippen LogP contribution in [0.15, 0.2) is 35.4 Å². The Balaban J connectivity index is 2.27. The van der Waals surface area contributed by atoms with Gasteiger partial charge in [0, 0.05) is 25.4 Å². The van der Waals surface area contributed by atoms with E-state index in [1.54, 1.807) is 0 Å². The molecular weight excluding hydrogens is 290 g/mol. The van der Waals surface area contributed by atoms with E-state index < -0.39 is 0 Å². The van der Waals surface area contributed by atoms with Gasteiger partial charge < -0.3 is 4.90 Å². The molecule has 1 aromatic carbocycles. The number of hydrazone groups is 1. The van der Waals surface area contributed by atoms with Crippen molar-refractivity contribution in [2.45, 2.75) is 46.6 Å². The fraction of sp³-hybridized carbons (Fsp3) is 0.500. The lowest BCUT2D eigenvalue weighted by atomic mass is 10.0. The predicted molar refractivity (Wildman–Crippen MR) is 92.3 cm³/mol. The Morgan fingerprint density at radius 2 is 1.87 bits per heavy atom. The van der Waals surface area contributed by atoms with Crippen LogP contribution in [-0.4, -0.2) is 35.0 Å². The van der Waals surface area contributed by atoms with E-state index in [-0.39, 0.29) is 17.9 Å². The van der Waals surface area contributed by atoms with Crippen LogP contribution >= 0.6 is 0 Å². The van der Waals surface area contributed by atoms with E-state index in [1.807, 2.05) is 42.2 Å². The molecule has 1 heterocycles. The summed E-state index contributed by atoms with van der Waals surface area (Å²) >= 11 is 0. The summed E-state index contributed by atoms with van der Waals surface area (Å²) < 4.78 is 0. The van der Waals surface area contributed by atoms with Gasteiger partial charge in [0.2, 0.25) is 5.91 Å². The fourth-order valence-electron chi connectivity index (χ4n) is 2.62. The number of anilines is 1. The molecule has 5 nitrogen and oxygen atoms in total. The highest BCUT2D eigenvalue weighted by molar-refractivity contribution is 6.40. The number of para-hydroxylation sites is 1. The van der Waals surface area contributed by atoms with Crippen LogP contribution in [0.1, 0.15) is 40.5 Å². The number of amides is 2. The number of hydrogen-bond donors (Lipinski definition) is 0. The minimum absolute atomic E-state index is 0.0675. The van der Waals surface area contributed by atoms with Crippen molar-refractivity contribution in [3.8, 4) is 0 Å². The van der Waals surface area contributed by atoms with E-state index in [0.29, 0.717) is 36.7 Å². The Labute approximate surface area is 138 Å². The molecule has 0 spiro atoms. The molecule has 0 aliphatic carbocycles. The van der Waals surface area contributed by atoms with Crippen LogP contribution in [0.5, 0.6) is 0 Å². The Morgan fingerprint density at radius 1 is 1.22 bits per heavy atom. The molecule has 1 aliphatic heterocycles. The summed E-state index contributed by atoms with van der Waals surface area (Å²) in [6.07, 6.45) is 0.718. The minimum atomic E-state index is -0.0762. The molecule has 2 rings (SSSR count).